The topological polar surface area (TPSA) is 89.9 Å². The van der Waals surface area contributed by atoms with Crippen LogP contribution in [0.3, 0.4) is 0 Å². The van der Waals surface area contributed by atoms with Crippen molar-refractivity contribution >= 4 is 29.1 Å². The van der Waals surface area contributed by atoms with Crippen molar-refractivity contribution < 1.29 is 27.8 Å². The SMILES string of the molecule is COCC(C)C(=O)Nc1ccc(C2(c3ccc(OC)cc3)Sc3c(c(=O)c(C(=O)C(C)C)cn3Cc3c(F)cccc3F)C2CN(C)Cc2ccccc2)cc1. The molecule has 3 atom stereocenters. The molecule has 6 rings (SSSR count). The van der Waals surface area contributed by atoms with Crippen molar-refractivity contribution in [3.8, 4) is 5.75 Å². The van der Waals surface area contributed by atoms with Gasteiger partial charge in [0.25, 0.3) is 0 Å². The minimum atomic E-state index is -1.00. The summed E-state index contributed by atoms with van der Waals surface area (Å²) in [5.74, 6) is -2.80. The number of hydrogen-bond acceptors (Lipinski definition) is 7. The predicted molar refractivity (Wildman–Crippen MR) is 217 cm³/mol. The highest BCUT2D eigenvalue weighted by Crippen LogP contribution is 2.62. The van der Waals surface area contributed by atoms with Crippen LogP contribution >= 0.6 is 11.8 Å². The van der Waals surface area contributed by atoms with Crippen molar-refractivity contribution in [3.63, 3.8) is 0 Å². The first-order valence-electron chi connectivity index (χ1n) is 18.6. The van der Waals surface area contributed by atoms with E-state index in [1.165, 1.54) is 36.2 Å². The molecule has 0 fully saturated rings. The number of hydrogen-bond donors (Lipinski definition) is 1. The first kappa shape index (κ1) is 40.6. The summed E-state index contributed by atoms with van der Waals surface area (Å²) in [6, 6.07) is 28.9. The van der Waals surface area contributed by atoms with Crippen molar-refractivity contribution in [3.05, 3.63) is 158 Å². The van der Waals surface area contributed by atoms with Gasteiger partial charge in [-0.25, -0.2) is 8.78 Å². The molecule has 1 N–H and O–H groups in total. The van der Waals surface area contributed by atoms with Gasteiger partial charge in [0.15, 0.2) is 11.2 Å². The maximum absolute atomic E-state index is 15.3. The minimum Gasteiger partial charge on any atom is -0.497 e. The van der Waals surface area contributed by atoms with Crippen LogP contribution in [0.25, 0.3) is 0 Å². The summed E-state index contributed by atoms with van der Waals surface area (Å²) < 4.78 is 42.1. The summed E-state index contributed by atoms with van der Waals surface area (Å²) in [7, 11) is 5.13. The van der Waals surface area contributed by atoms with Gasteiger partial charge in [-0.05, 0) is 60.1 Å². The fraction of sp³-hybridized carbons (Fsp3) is 0.311. The first-order chi connectivity index (χ1) is 26.9. The van der Waals surface area contributed by atoms with E-state index in [2.05, 4.69) is 10.2 Å². The van der Waals surface area contributed by atoms with Gasteiger partial charge in [-0.3, -0.25) is 14.4 Å². The Morgan fingerprint density at radius 3 is 2.11 bits per heavy atom. The lowest BCUT2D eigenvalue weighted by Gasteiger charge is -2.38. The molecule has 292 valence electrons. The third-order valence-corrected chi connectivity index (χ3v) is 12.0. The number of fused-ring (bicyclic) bond motifs is 1. The fourth-order valence-corrected chi connectivity index (χ4v) is 9.11. The lowest BCUT2D eigenvalue weighted by Crippen LogP contribution is -2.38. The first-order valence-corrected chi connectivity index (χ1v) is 19.4. The van der Waals surface area contributed by atoms with Crippen molar-refractivity contribution in [2.45, 2.75) is 49.6 Å². The second kappa shape index (κ2) is 17.4. The van der Waals surface area contributed by atoms with Crippen molar-refractivity contribution in [1.29, 1.82) is 0 Å². The smallest absolute Gasteiger partial charge is 0.229 e. The molecule has 8 nitrogen and oxygen atoms in total. The van der Waals surface area contributed by atoms with E-state index < -0.39 is 33.6 Å². The monoisotopic (exact) mass is 779 g/mol. The van der Waals surface area contributed by atoms with Crippen LogP contribution in [0.2, 0.25) is 0 Å². The average Bonchev–Trinajstić information content (AvgIpc) is 3.53. The van der Waals surface area contributed by atoms with Crippen LogP contribution in [0.5, 0.6) is 5.75 Å². The molecule has 11 heteroatoms. The minimum absolute atomic E-state index is 0.0272. The normalized spacial score (nSPS) is 16.9. The van der Waals surface area contributed by atoms with Crippen LogP contribution in [0, 0.1) is 23.5 Å². The Morgan fingerprint density at radius 1 is 0.893 bits per heavy atom. The lowest BCUT2D eigenvalue weighted by molar-refractivity contribution is -0.120. The Balaban J connectivity index is 1.60. The van der Waals surface area contributed by atoms with E-state index in [0.717, 1.165) is 16.7 Å². The third kappa shape index (κ3) is 8.21. The van der Waals surface area contributed by atoms with Crippen LogP contribution in [-0.4, -0.2) is 55.6 Å². The van der Waals surface area contributed by atoms with Gasteiger partial charge in [0.1, 0.15) is 17.4 Å². The molecule has 1 aliphatic heterocycles. The van der Waals surface area contributed by atoms with Crippen LogP contribution in [-0.2, 0) is 27.4 Å². The number of methoxy groups -OCH3 is 2. The molecule has 2 heterocycles. The van der Waals surface area contributed by atoms with E-state index in [1.807, 2.05) is 85.9 Å². The van der Waals surface area contributed by atoms with Gasteiger partial charge in [-0.2, -0.15) is 0 Å². The number of rotatable bonds is 15. The molecule has 0 aliphatic carbocycles. The number of ketones is 1. The summed E-state index contributed by atoms with van der Waals surface area (Å²) in [4.78, 5) is 43.9. The molecule has 0 spiro atoms. The van der Waals surface area contributed by atoms with E-state index in [4.69, 9.17) is 9.47 Å². The average molecular weight is 780 g/mol. The second-order valence-electron chi connectivity index (χ2n) is 14.7. The van der Waals surface area contributed by atoms with Gasteiger partial charge in [-0.15, -0.1) is 0 Å². The number of pyridine rings is 1. The second-order valence-corrected chi connectivity index (χ2v) is 15.9. The molecule has 1 amide bonds. The number of anilines is 1. The number of carbonyl (C=O) groups excluding carboxylic acids is 2. The van der Waals surface area contributed by atoms with Crippen molar-refractivity contribution in [2.24, 2.45) is 11.8 Å². The predicted octanol–water partition coefficient (Wildman–Crippen LogP) is 8.51. The number of aromatic nitrogens is 1. The highest BCUT2D eigenvalue weighted by molar-refractivity contribution is 8.00. The molecule has 1 aliphatic rings. The Labute approximate surface area is 330 Å². The van der Waals surface area contributed by atoms with E-state index in [9.17, 15) is 14.4 Å². The molecule has 56 heavy (non-hydrogen) atoms. The zero-order chi connectivity index (χ0) is 40.1. The molecule has 4 aromatic carbocycles. The summed E-state index contributed by atoms with van der Waals surface area (Å²) in [5, 5.41) is 3.48. The maximum atomic E-state index is 15.3. The van der Waals surface area contributed by atoms with Crippen LogP contribution in [0.15, 0.2) is 113 Å². The molecule has 0 radical (unpaired) electrons. The zero-order valence-corrected chi connectivity index (χ0v) is 33.3. The molecule has 0 saturated carbocycles. The highest BCUT2D eigenvalue weighted by atomic mass is 32.2. The summed E-state index contributed by atoms with van der Waals surface area (Å²) in [5.41, 5.74) is 3.14. The van der Waals surface area contributed by atoms with Gasteiger partial charge in [-0.1, -0.05) is 93.2 Å². The number of carbonyl (C=O) groups is 2. The number of Topliss-reactive ketones (excluding diaryl/α,β-unsaturated/α-hetero) is 1. The number of benzene rings is 4. The molecular formula is C45H47F2N3O5S. The van der Waals surface area contributed by atoms with Crippen LogP contribution < -0.4 is 15.5 Å². The Hall–Kier alpha value is -5.10. The Morgan fingerprint density at radius 2 is 1.52 bits per heavy atom. The molecule has 0 saturated heterocycles. The molecule has 3 unspecified atom stereocenters. The maximum Gasteiger partial charge on any atom is 0.229 e. The summed E-state index contributed by atoms with van der Waals surface area (Å²) in [6.45, 7) is 6.21. The number of likely N-dealkylation sites (N-methyl/N-ethyl adjacent to an activating group) is 1. The molecule has 5 aromatic rings. The third-order valence-electron chi connectivity index (χ3n) is 10.3. The standard InChI is InChI=1S/C45H47F2N3O5S/c1-28(2)41(51)36-25-50(24-35-38(46)13-10-14-39(35)47)44-40(42(36)52)37(26-49(4)23-30-11-8-7-9-12-30)45(56-44,32-17-21-34(55-6)22-18-32)31-15-19-33(20-16-31)48-43(53)29(3)27-54-5/h7-22,25,28-29,37H,23-24,26-27H2,1-6H3,(H,48,53). The van der Waals surface area contributed by atoms with E-state index in [0.29, 0.717) is 35.1 Å². The van der Waals surface area contributed by atoms with E-state index in [-0.39, 0.29) is 41.9 Å². The van der Waals surface area contributed by atoms with Gasteiger partial charge in [0, 0.05) is 55.0 Å². The number of nitrogens with zero attached hydrogens (tertiary/aromatic N) is 2. The summed E-state index contributed by atoms with van der Waals surface area (Å²) in [6.07, 6.45) is 1.47. The van der Waals surface area contributed by atoms with Crippen molar-refractivity contribution in [2.75, 3.05) is 39.7 Å². The number of ether oxygens (including phenoxy) is 2. The quantitative estimate of drug-likeness (QED) is 0.107. The fourth-order valence-electron chi connectivity index (χ4n) is 7.38. The van der Waals surface area contributed by atoms with Gasteiger partial charge < -0.3 is 24.3 Å². The van der Waals surface area contributed by atoms with E-state index >= 15 is 8.78 Å². The van der Waals surface area contributed by atoms with Crippen LogP contribution in [0.1, 0.15) is 64.9 Å². The number of halogens is 2. The lowest BCUT2D eigenvalue weighted by atomic mass is 9.76. The number of thioether (sulfide) groups is 1. The summed E-state index contributed by atoms with van der Waals surface area (Å²) >= 11 is 1.43. The Bertz CT molecular complexity index is 2230. The van der Waals surface area contributed by atoms with Crippen LogP contribution in [0.4, 0.5) is 14.5 Å². The molecular weight excluding hydrogens is 733 g/mol. The van der Waals surface area contributed by atoms with Gasteiger partial charge in [0.2, 0.25) is 5.91 Å². The highest BCUT2D eigenvalue weighted by Gasteiger charge is 2.53. The van der Waals surface area contributed by atoms with Gasteiger partial charge in [0.05, 0.1) is 41.5 Å². The zero-order valence-electron chi connectivity index (χ0n) is 32.5. The number of amides is 1. The van der Waals surface area contributed by atoms with Gasteiger partial charge >= 0.3 is 0 Å². The largest absolute Gasteiger partial charge is 0.497 e. The van der Waals surface area contributed by atoms with Crippen molar-refractivity contribution in [1.82, 2.24) is 9.47 Å². The number of nitrogens with one attached hydrogen (secondary N) is 1. The molecule has 0 bridgehead atoms. The molecule has 1 aromatic heterocycles. The Kier molecular flexibility index (Phi) is 12.6. The van der Waals surface area contributed by atoms with E-state index in [1.54, 1.807) is 39.6 Å².